The Bertz CT molecular complexity index is 371. The zero-order valence-corrected chi connectivity index (χ0v) is 9.42. The monoisotopic (exact) mass is 279 g/mol. The van der Waals surface area contributed by atoms with Crippen LogP contribution in [0.3, 0.4) is 0 Å². The summed E-state index contributed by atoms with van der Waals surface area (Å²) in [6.45, 7) is 1.73. The fourth-order valence-corrected chi connectivity index (χ4v) is 1.51. The molecular formula is C9H8BrF2NO2. The van der Waals surface area contributed by atoms with Crippen molar-refractivity contribution in [3.8, 4) is 0 Å². The number of halogens is 3. The van der Waals surface area contributed by atoms with Crippen molar-refractivity contribution in [3.05, 3.63) is 28.0 Å². The summed E-state index contributed by atoms with van der Waals surface area (Å²) in [7, 11) is 0. The van der Waals surface area contributed by atoms with Crippen LogP contribution in [0.15, 0.2) is 16.7 Å². The molecule has 0 aliphatic rings. The number of esters is 1. The van der Waals surface area contributed by atoms with Gasteiger partial charge < -0.3 is 4.74 Å². The van der Waals surface area contributed by atoms with Gasteiger partial charge in [0.25, 0.3) is 6.43 Å². The largest absolute Gasteiger partial charge is 0.462 e. The molecule has 0 bridgehead atoms. The fourth-order valence-electron chi connectivity index (χ4n) is 1.02. The first-order chi connectivity index (χ1) is 7.07. The van der Waals surface area contributed by atoms with Crippen LogP contribution in [0.2, 0.25) is 0 Å². The molecule has 0 saturated carbocycles. The van der Waals surface area contributed by atoms with E-state index in [1.807, 2.05) is 0 Å². The van der Waals surface area contributed by atoms with Gasteiger partial charge in [0.05, 0.1) is 6.61 Å². The van der Waals surface area contributed by atoms with Gasteiger partial charge in [-0.2, -0.15) is 0 Å². The number of carbonyl (C=O) groups excluding carboxylic acids is 1. The van der Waals surface area contributed by atoms with Crippen molar-refractivity contribution in [2.24, 2.45) is 0 Å². The predicted molar refractivity (Wildman–Crippen MR) is 52.9 cm³/mol. The second-order valence-corrected chi connectivity index (χ2v) is 3.43. The minimum absolute atomic E-state index is 0.128. The smallest absolute Gasteiger partial charge is 0.341 e. The highest BCUT2D eigenvalue weighted by molar-refractivity contribution is 9.10. The van der Waals surface area contributed by atoms with E-state index in [-0.39, 0.29) is 16.6 Å². The van der Waals surface area contributed by atoms with Gasteiger partial charge in [-0.05, 0) is 28.9 Å². The third kappa shape index (κ3) is 2.71. The molecule has 0 saturated heterocycles. The fraction of sp³-hybridized carbons (Fsp3) is 0.333. The number of alkyl halides is 2. The number of ether oxygens (including phenoxy) is 1. The molecule has 0 fully saturated rings. The highest BCUT2D eigenvalue weighted by Crippen LogP contribution is 2.27. The summed E-state index contributed by atoms with van der Waals surface area (Å²) < 4.78 is 29.9. The minimum Gasteiger partial charge on any atom is -0.462 e. The van der Waals surface area contributed by atoms with Crippen LogP contribution in [-0.4, -0.2) is 17.6 Å². The first-order valence-corrected chi connectivity index (χ1v) is 4.96. The van der Waals surface area contributed by atoms with Gasteiger partial charge in [0.15, 0.2) is 0 Å². The quantitative estimate of drug-likeness (QED) is 0.799. The van der Waals surface area contributed by atoms with Gasteiger partial charge in [-0.3, -0.25) is 4.98 Å². The first-order valence-electron chi connectivity index (χ1n) is 4.17. The summed E-state index contributed by atoms with van der Waals surface area (Å²) in [5.74, 6) is -0.798. The van der Waals surface area contributed by atoms with Crippen LogP contribution in [0.25, 0.3) is 0 Å². The van der Waals surface area contributed by atoms with Gasteiger partial charge in [-0.25, -0.2) is 13.6 Å². The zero-order chi connectivity index (χ0) is 11.4. The van der Waals surface area contributed by atoms with Crippen LogP contribution in [0, 0.1) is 0 Å². The van der Waals surface area contributed by atoms with Crippen LogP contribution in [-0.2, 0) is 4.74 Å². The SMILES string of the molecule is CCOC(=O)c1c(Br)ccnc1C(F)F. The molecule has 0 N–H and O–H groups in total. The summed E-state index contributed by atoms with van der Waals surface area (Å²) in [5, 5.41) is 0. The van der Waals surface area contributed by atoms with Gasteiger partial charge in [-0.15, -0.1) is 0 Å². The molecule has 0 radical (unpaired) electrons. The predicted octanol–water partition coefficient (Wildman–Crippen LogP) is 2.96. The molecule has 6 heteroatoms. The number of hydrogen-bond acceptors (Lipinski definition) is 3. The van der Waals surface area contributed by atoms with E-state index in [9.17, 15) is 13.6 Å². The Labute approximate surface area is 93.6 Å². The second kappa shape index (κ2) is 5.16. The Balaban J connectivity index is 3.18. The number of carbonyl (C=O) groups is 1. The number of hydrogen-bond donors (Lipinski definition) is 0. The number of pyridine rings is 1. The lowest BCUT2D eigenvalue weighted by molar-refractivity contribution is 0.0512. The maximum atomic E-state index is 12.5. The Hall–Kier alpha value is -1.04. The van der Waals surface area contributed by atoms with Crippen LogP contribution in [0.4, 0.5) is 8.78 Å². The summed E-state index contributed by atoms with van der Waals surface area (Å²) in [4.78, 5) is 14.8. The molecule has 0 unspecified atom stereocenters. The van der Waals surface area contributed by atoms with Crippen LogP contribution < -0.4 is 0 Å². The van der Waals surface area contributed by atoms with E-state index >= 15 is 0 Å². The average Bonchev–Trinajstić information content (AvgIpc) is 2.17. The zero-order valence-electron chi connectivity index (χ0n) is 7.84. The third-order valence-corrected chi connectivity index (χ3v) is 2.28. The lowest BCUT2D eigenvalue weighted by Gasteiger charge is -2.08. The Morgan fingerprint density at radius 3 is 2.87 bits per heavy atom. The van der Waals surface area contributed by atoms with Crippen molar-refractivity contribution < 1.29 is 18.3 Å². The number of aromatic nitrogens is 1. The summed E-state index contributed by atoms with van der Waals surface area (Å²) >= 11 is 3.01. The number of rotatable bonds is 3. The van der Waals surface area contributed by atoms with Gasteiger partial charge in [0, 0.05) is 10.7 Å². The molecule has 0 aliphatic carbocycles. The van der Waals surface area contributed by atoms with Crippen molar-refractivity contribution >= 4 is 21.9 Å². The van der Waals surface area contributed by atoms with Crippen LogP contribution >= 0.6 is 15.9 Å². The maximum Gasteiger partial charge on any atom is 0.341 e. The molecule has 0 aromatic carbocycles. The molecule has 0 spiro atoms. The van der Waals surface area contributed by atoms with Crippen molar-refractivity contribution in [2.45, 2.75) is 13.3 Å². The summed E-state index contributed by atoms with van der Waals surface area (Å²) in [5.41, 5.74) is -0.780. The number of nitrogens with zero attached hydrogens (tertiary/aromatic N) is 1. The van der Waals surface area contributed by atoms with E-state index in [0.717, 1.165) is 0 Å². The Morgan fingerprint density at radius 1 is 1.67 bits per heavy atom. The average molecular weight is 280 g/mol. The van der Waals surface area contributed by atoms with Crippen molar-refractivity contribution in [3.63, 3.8) is 0 Å². The van der Waals surface area contributed by atoms with E-state index in [0.29, 0.717) is 0 Å². The third-order valence-electron chi connectivity index (χ3n) is 1.62. The van der Waals surface area contributed by atoms with E-state index in [1.165, 1.54) is 12.3 Å². The van der Waals surface area contributed by atoms with Gasteiger partial charge in [0.1, 0.15) is 11.3 Å². The summed E-state index contributed by atoms with van der Waals surface area (Å²) in [6.07, 6.45) is -1.60. The van der Waals surface area contributed by atoms with Gasteiger partial charge >= 0.3 is 5.97 Å². The van der Waals surface area contributed by atoms with Gasteiger partial charge in [0.2, 0.25) is 0 Å². The van der Waals surface area contributed by atoms with Crippen LogP contribution in [0.5, 0.6) is 0 Å². The Kier molecular flexibility index (Phi) is 4.14. The second-order valence-electron chi connectivity index (χ2n) is 2.57. The van der Waals surface area contributed by atoms with E-state index in [1.54, 1.807) is 6.92 Å². The highest BCUT2D eigenvalue weighted by Gasteiger charge is 2.23. The lowest BCUT2D eigenvalue weighted by Crippen LogP contribution is -2.10. The molecule has 1 heterocycles. The molecule has 3 nitrogen and oxygen atoms in total. The molecule has 1 aromatic heterocycles. The van der Waals surface area contributed by atoms with E-state index < -0.39 is 18.1 Å². The lowest BCUT2D eigenvalue weighted by atomic mass is 10.2. The van der Waals surface area contributed by atoms with Crippen molar-refractivity contribution in [1.82, 2.24) is 4.98 Å². The topological polar surface area (TPSA) is 39.2 Å². The van der Waals surface area contributed by atoms with Crippen LogP contribution in [0.1, 0.15) is 29.4 Å². The molecular weight excluding hydrogens is 272 g/mol. The molecule has 0 amide bonds. The van der Waals surface area contributed by atoms with E-state index in [4.69, 9.17) is 0 Å². The van der Waals surface area contributed by atoms with Crippen molar-refractivity contribution in [1.29, 1.82) is 0 Å². The summed E-state index contributed by atoms with van der Waals surface area (Å²) in [6, 6.07) is 1.41. The molecule has 82 valence electrons. The van der Waals surface area contributed by atoms with Crippen molar-refractivity contribution in [2.75, 3.05) is 6.61 Å². The first kappa shape index (κ1) is 12.0. The van der Waals surface area contributed by atoms with E-state index in [2.05, 4.69) is 25.7 Å². The molecule has 0 aliphatic heterocycles. The molecule has 15 heavy (non-hydrogen) atoms. The normalized spacial score (nSPS) is 10.5. The standard InChI is InChI=1S/C9H8BrF2NO2/c1-2-15-9(14)6-5(10)3-4-13-7(6)8(11)12/h3-4,8H,2H2,1H3. The Morgan fingerprint density at radius 2 is 2.33 bits per heavy atom. The maximum absolute atomic E-state index is 12.5. The molecule has 1 rings (SSSR count). The molecule has 0 atom stereocenters. The minimum atomic E-state index is -2.80. The highest BCUT2D eigenvalue weighted by atomic mass is 79.9. The van der Waals surface area contributed by atoms with Gasteiger partial charge in [-0.1, -0.05) is 0 Å². The molecule has 1 aromatic rings.